The monoisotopic (exact) mass is 213 g/mol. The lowest BCUT2D eigenvalue weighted by molar-refractivity contribution is -0.125. The zero-order chi connectivity index (χ0) is 11.3. The average Bonchev–Trinajstić information content (AvgIpc) is 2.21. The van der Waals surface area contributed by atoms with Crippen LogP contribution < -0.4 is 0 Å². The topological polar surface area (TPSA) is 29.5 Å². The Balaban J connectivity index is 2.35. The van der Waals surface area contributed by atoms with Crippen LogP contribution in [0.3, 0.4) is 0 Å². The fourth-order valence-corrected chi connectivity index (χ4v) is 2.14. The van der Waals surface area contributed by atoms with Gasteiger partial charge in [-0.05, 0) is 26.8 Å². The second kappa shape index (κ2) is 6.23. The minimum absolute atomic E-state index is 0.267. The maximum absolute atomic E-state index is 11.7. The number of likely N-dealkylation sites (N-methyl/N-ethyl adjacent to an activating group) is 1. The van der Waals surface area contributed by atoms with E-state index in [-0.39, 0.29) is 5.92 Å². The molecule has 0 aromatic heterocycles. The molecular weight excluding hydrogens is 190 g/mol. The Kier molecular flexibility index (Phi) is 5.26. The molecule has 0 aliphatic heterocycles. The first-order chi connectivity index (χ1) is 7.15. The third-order valence-corrected chi connectivity index (χ3v) is 3.35. The zero-order valence-electron chi connectivity index (χ0n) is 10.2. The van der Waals surface area contributed by atoms with Crippen LogP contribution in [0.25, 0.3) is 0 Å². The van der Waals surface area contributed by atoms with Gasteiger partial charge in [-0.25, -0.2) is 0 Å². The molecular formula is C12H23NO2. The number of carbonyl (C=O) groups is 1. The molecule has 0 aromatic rings. The summed E-state index contributed by atoms with van der Waals surface area (Å²) in [5, 5.41) is 0. The maximum Gasteiger partial charge on any atom is 0.137 e. The van der Waals surface area contributed by atoms with Crippen molar-refractivity contribution in [3.05, 3.63) is 0 Å². The van der Waals surface area contributed by atoms with Crippen LogP contribution in [-0.4, -0.2) is 44.0 Å². The Morgan fingerprint density at radius 3 is 2.87 bits per heavy atom. The van der Waals surface area contributed by atoms with Crippen LogP contribution in [0.1, 0.15) is 32.6 Å². The lowest BCUT2D eigenvalue weighted by Gasteiger charge is -2.29. The van der Waals surface area contributed by atoms with Gasteiger partial charge >= 0.3 is 0 Å². The van der Waals surface area contributed by atoms with E-state index < -0.39 is 0 Å². The smallest absolute Gasteiger partial charge is 0.137 e. The van der Waals surface area contributed by atoms with E-state index in [1.54, 1.807) is 7.11 Å². The standard InChI is InChI=1S/C12H23NO2/c1-10(9-15-3)13(2)8-11-6-4-5-7-12(11)14/h10-11H,4-9H2,1-3H3. The van der Waals surface area contributed by atoms with Crippen molar-refractivity contribution < 1.29 is 9.53 Å². The molecule has 0 aromatic carbocycles. The van der Waals surface area contributed by atoms with Gasteiger partial charge in [0.05, 0.1) is 6.61 Å². The largest absolute Gasteiger partial charge is 0.383 e. The van der Waals surface area contributed by atoms with Gasteiger partial charge < -0.3 is 9.64 Å². The van der Waals surface area contributed by atoms with E-state index in [1.165, 1.54) is 6.42 Å². The first-order valence-electron chi connectivity index (χ1n) is 5.87. The molecule has 0 radical (unpaired) electrons. The minimum atomic E-state index is 0.267. The molecule has 0 spiro atoms. The SMILES string of the molecule is COCC(C)N(C)CC1CCCCC1=O. The third-order valence-electron chi connectivity index (χ3n) is 3.35. The van der Waals surface area contributed by atoms with Crippen molar-refractivity contribution in [2.75, 3.05) is 27.3 Å². The molecule has 1 rings (SSSR count). The minimum Gasteiger partial charge on any atom is -0.383 e. The van der Waals surface area contributed by atoms with Crippen molar-refractivity contribution in [1.29, 1.82) is 0 Å². The molecule has 2 unspecified atom stereocenters. The van der Waals surface area contributed by atoms with Crippen molar-refractivity contribution in [3.63, 3.8) is 0 Å². The van der Waals surface area contributed by atoms with Gasteiger partial charge in [0.1, 0.15) is 5.78 Å². The first kappa shape index (κ1) is 12.7. The molecule has 0 bridgehead atoms. The quantitative estimate of drug-likeness (QED) is 0.696. The van der Waals surface area contributed by atoms with Crippen molar-refractivity contribution in [2.45, 2.75) is 38.6 Å². The molecule has 3 nitrogen and oxygen atoms in total. The molecule has 0 N–H and O–H groups in total. The van der Waals surface area contributed by atoms with E-state index in [0.717, 1.165) is 32.4 Å². The third kappa shape index (κ3) is 3.92. The Hall–Kier alpha value is -0.410. The highest BCUT2D eigenvalue weighted by Crippen LogP contribution is 2.21. The molecule has 15 heavy (non-hydrogen) atoms. The van der Waals surface area contributed by atoms with Crippen LogP contribution in [0.5, 0.6) is 0 Å². The molecule has 2 atom stereocenters. The highest BCUT2D eigenvalue weighted by atomic mass is 16.5. The number of carbonyl (C=O) groups excluding carboxylic acids is 1. The summed E-state index contributed by atoms with van der Waals surface area (Å²) >= 11 is 0. The van der Waals surface area contributed by atoms with Gasteiger partial charge in [-0.3, -0.25) is 4.79 Å². The molecule has 0 saturated heterocycles. The Labute approximate surface area is 92.8 Å². The van der Waals surface area contributed by atoms with Gasteiger partial charge in [-0.15, -0.1) is 0 Å². The highest BCUT2D eigenvalue weighted by Gasteiger charge is 2.24. The van der Waals surface area contributed by atoms with Gasteiger partial charge in [0.25, 0.3) is 0 Å². The van der Waals surface area contributed by atoms with Crippen LogP contribution in [0.4, 0.5) is 0 Å². The lowest BCUT2D eigenvalue weighted by atomic mass is 9.87. The predicted molar refractivity (Wildman–Crippen MR) is 60.9 cm³/mol. The number of ketones is 1. The normalized spacial score (nSPS) is 24.5. The molecule has 88 valence electrons. The van der Waals surface area contributed by atoms with E-state index in [9.17, 15) is 4.79 Å². The maximum atomic E-state index is 11.7. The summed E-state index contributed by atoms with van der Waals surface area (Å²) in [6.45, 7) is 3.76. The molecule has 0 heterocycles. The average molecular weight is 213 g/mol. The van der Waals surface area contributed by atoms with Crippen molar-refractivity contribution in [2.24, 2.45) is 5.92 Å². The summed E-state index contributed by atoms with van der Waals surface area (Å²) in [7, 11) is 3.79. The summed E-state index contributed by atoms with van der Waals surface area (Å²) in [4.78, 5) is 13.9. The van der Waals surface area contributed by atoms with Crippen LogP contribution >= 0.6 is 0 Å². The van der Waals surface area contributed by atoms with E-state index >= 15 is 0 Å². The number of hydrogen-bond donors (Lipinski definition) is 0. The van der Waals surface area contributed by atoms with E-state index in [1.807, 2.05) is 0 Å². The lowest BCUT2D eigenvalue weighted by Crippen LogP contribution is -2.39. The molecule has 1 aliphatic rings. The van der Waals surface area contributed by atoms with Gasteiger partial charge in [-0.2, -0.15) is 0 Å². The van der Waals surface area contributed by atoms with Gasteiger partial charge in [0, 0.05) is 32.0 Å². The number of Topliss-reactive ketones (excluding diaryl/α,β-unsaturated/α-hetero) is 1. The van der Waals surface area contributed by atoms with E-state index in [4.69, 9.17) is 4.74 Å². The number of methoxy groups -OCH3 is 1. The van der Waals surface area contributed by atoms with Gasteiger partial charge in [-0.1, -0.05) is 6.42 Å². The van der Waals surface area contributed by atoms with Gasteiger partial charge in [0.2, 0.25) is 0 Å². The Morgan fingerprint density at radius 1 is 1.53 bits per heavy atom. The van der Waals surface area contributed by atoms with Crippen molar-refractivity contribution in [1.82, 2.24) is 4.90 Å². The Bertz CT molecular complexity index is 206. The number of rotatable bonds is 5. The molecule has 1 saturated carbocycles. The zero-order valence-corrected chi connectivity index (χ0v) is 10.2. The Morgan fingerprint density at radius 2 is 2.27 bits per heavy atom. The number of ether oxygens (including phenoxy) is 1. The number of hydrogen-bond acceptors (Lipinski definition) is 3. The van der Waals surface area contributed by atoms with Crippen LogP contribution in [0, 0.1) is 5.92 Å². The highest BCUT2D eigenvalue weighted by molar-refractivity contribution is 5.81. The molecule has 0 amide bonds. The summed E-state index contributed by atoms with van der Waals surface area (Å²) in [5.74, 6) is 0.723. The predicted octanol–water partition coefficient (Wildman–Crippen LogP) is 1.71. The molecule has 1 aliphatic carbocycles. The van der Waals surface area contributed by atoms with Crippen LogP contribution in [-0.2, 0) is 9.53 Å². The second-order valence-electron chi connectivity index (χ2n) is 4.65. The van der Waals surface area contributed by atoms with E-state index in [0.29, 0.717) is 11.8 Å². The molecule has 1 fully saturated rings. The summed E-state index contributed by atoms with van der Waals surface area (Å²) in [6, 6.07) is 0.393. The summed E-state index contributed by atoms with van der Waals surface area (Å²) in [5.41, 5.74) is 0. The summed E-state index contributed by atoms with van der Waals surface area (Å²) < 4.78 is 5.11. The fraction of sp³-hybridized carbons (Fsp3) is 0.917. The first-order valence-corrected chi connectivity index (χ1v) is 5.87. The van der Waals surface area contributed by atoms with E-state index in [2.05, 4.69) is 18.9 Å². The van der Waals surface area contributed by atoms with Crippen molar-refractivity contribution >= 4 is 5.78 Å². The second-order valence-corrected chi connectivity index (χ2v) is 4.65. The van der Waals surface area contributed by atoms with Crippen LogP contribution in [0.15, 0.2) is 0 Å². The van der Waals surface area contributed by atoms with Crippen molar-refractivity contribution in [3.8, 4) is 0 Å². The number of nitrogens with zero attached hydrogens (tertiary/aromatic N) is 1. The van der Waals surface area contributed by atoms with Crippen LogP contribution in [0.2, 0.25) is 0 Å². The molecule has 3 heteroatoms. The van der Waals surface area contributed by atoms with Gasteiger partial charge in [0.15, 0.2) is 0 Å². The summed E-state index contributed by atoms with van der Waals surface area (Å²) in [6.07, 6.45) is 4.16. The fourth-order valence-electron chi connectivity index (χ4n) is 2.14.